The average Bonchev–Trinajstić information content (AvgIpc) is 2.22. The van der Waals surface area contributed by atoms with E-state index in [2.05, 4.69) is 15.9 Å². The fourth-order valence-corrected chi connectivity index (χ4v) is 2.29. The molecule has 1 aromatic rings. The molecule has 0 heterocycles. The van der Waals surface area contributed by atoms with Crippen LogP contribution < -0.4 is 10.5 Å². The van der Waals surface area contributed by atoms with Crippen LogP contribution in [-0.2, 0) is 6.54 Å². The van der Waals surface area contributed by atoms with Gasteiger partial charge in [0.2, 0.25) is 0 Å². The lowest BCUT2D eigenvalue weighted by Crippen LogP contribution is -2.15. The van der Waals surface area contributed by atoms with Crippen molar-refractivity contribution in [2.24, 2.45) is 11.7 Å². The number of benzene rings is 1. The van der Waals surface area contributed by atoms with E-state index in [0.717, 1.165) is 28.3 Å². The summed E-state index contributed by atoms with van der Waals surface area (Å²) >= 11 is 3.45. The highest BCUT2D eigenvalue weighted by Crippen LogP contribution is 2.30. The molecule has 16 heavy (non-hydrogen) atoms. The van der Waals surface area contributed by atoms with Gasteiger partial charge in [-0.1, -0.05) is 41.3 Å². The van der Waals surface area contributed by atoms with E-state index >= 15 is 0 Å². The molecule has 1 fully saturated rings. The van der Waals surface area contributed by atoms with E-state index in [0.29, 0.717) is 6.54 Å². The summed E-state index contributed by atoms with van der Waals surface area (Å²) in [4.78, 5) is 0. The van der Waals surface area contributed by atoms with Crippen molar-refractivity contribution in [1.82, 2.24) is 0 Å². The highest BCUT2D eigenvalue weighted by Gasteiger charge is 2.17. The topological polar surface area (TPSA) is 35.2 Å². The van der Waals surface area contributed by atoms with Crippen LogP contribution in [0.1, 0.15) is 31.2 Å². The second kappa shape index (κ2) is 5.69. The summed E-state index contributed by atoms with van der Waals surface area (Å²) in [5.74, 6) is 1.82. The minimum Gasteiger partial charge on any atom is -0.493 e. The van der Waals surface area contributed by atoms with Crippen LogP contribution in [0.3, 0.4) is 0 Å². The van der Waals surface area contributed by atoms with Gasteiger partial charge in [-0.3, -0.25) is 0 Å². The zero-order valence-corrected chi connectivity index (χ0v) is 11.0. The highest BCUT2D eigenvalue weighted by atomic mass is 79.9. The van der Waals surface area contributed by atoms with Gasteiger partial charge in [-0.25, -0.2) is 0 Å². The van der Waals surface area contributed by atoms with Crippen molar-refractivity contribution in [3.05, 3.63) is 28.2 Å². The van der Waals surface area contributed by atoms with Crippen molar-refractivity contribution in [3.63, 3.8) is 0 Å². The van der Waals surface area contributed by atoms with Crippen LogP contribution in [0, 0.1) is 5.92 Å². The Bertz CT molecular complexity index is 350. The molecule has 0 aliphatic heterocycles. The quantitative estimate of drug-likeness (QED) is 0.898. The Morgan fingerprint density at radius 1 is 1.38 bits per heavy atom. The predicted molar refractivity (Wildman–Crippen MR) is 69.5 cm³/mol. The normalized spacial score (nSPS) is 15.9. The van der Waals surface area contributed by atoms with Gasteiger partial charge >= 0.3 is 0 Å². The Kier molecular flexibility index (Phi) is 4.24. The third-order valence-electron chi connectivity index (χ3n) is 3.26. The first-order valence-electron chi connectivity index (χ1n) is 5.91. The van der Waals surface area contributed by atoms with Gasteiger partial charge in [-0.2, -0.15) is 0 Å². The SMILES string of the molecule is NCc1ccc(Br)cc1OCCC1CCC1. The first-order valence-corrected chi connectivity index (χ1v) is 6.70. The summed E-state index contributed by atoms with van der Waals surface area (Å²) in [6, 6.07) is 6.02. The lowest BCUT2D eigenvalue weighted by molar-refractivity contribution is 0.221. The fourth-order valence-electron chi connectivity index (χ4n) is 1.95. The third-order valence-corrected chi connectivity index (χ3v) is 3.75. The van der Waals surface area contributed by atoms with Gasteiger partial charge in [0.05, 0.1) is 6.61 Å². The zero-order valence-electron chi connectivity index (χ0n) is 9.42. The van der Waals surface area contributed by atoms with Crippen LogP contribution in [0.15, 0.2) is 22.7 Å². The monoisotopic (exact) mass is 283 g/mol. The second-order valence-corrected chi connectivity index (χ2v) is 5.31. The van der Waals surface area contributed by atoms with Crippen LogP contribution in [0.2, 0.25) is 0 Å². The van der Waals surface area contributed by atoms with Crippen LogP contribution >= 0.6 is 15.9 Å². The van der Waals surface area contributed by atoms with Crippen molar-refractivity contribution < 1.29 is 4.74 Å². The van der Waals surface area contributed by atoms with Crippen LogP contribution in [0.25, 0.3) is 0 Å². The lowest BCUT2D eigenvalue weighted by atomic mass is 9.83. The molecule has 2 nitrogen and oxygen atoms in total. The molecule has 0 bridgehead atoms. The van der Waals surface area contributed by atoms with Crippen LogP contribution in [0.5, 0.6) is 5.75 Å². The average molecular weight is 284 g/mol. The van der Waals surface area contributed by atoms with Crippen molar-refractivity contribution in [3.8, 4) is 5.75 Å². The molecule has 0 atom stereocenters. The summed E-state index contributed by atoms with van der Waals surface area (Å²) in [5, 5.41) is 0. The molecule has 1 saturated carbocycles. The molecule has 0 saturated heterocycles. The lowest BCUT2D eigenvalue weighted by Gasteiger charge is -2.25. The standard InChI is InChI=1S/C13H18BrNO/c14-12-5-4-11(9-15)13(8-12)16-7-6-10-2-1-3-10/h4-5,8,10H,1-3,6-7,9,15H2. The molecule has 88 valence electrons. The molecule has 1 aromatic carbocycles. The first-order chi connectivity index (χ1) is 7.79. The highest BCUT2D eigenvalue weighted by molar-refractivity contribution is 9.10. The van der Waals surface area contributed by atoms with Crippen molar-refractivity contribution in [2.75, 3.05) is 6.61 Å². The van der Waals surface area contributed by atoms with Gasteiger partial charge in [-0.15, -0.1) is 0 Å². The molecule has 0 spiro atoms. The smallest absolute Gasteiger partial charge is 0.124 e. The molecule has 0 radical (unpaired) electrons. The van der Waals surface area contributed by atoms with Gasteiger partial charge in [0.15, 0.2) is 0 Å². The molecule has 0 amide bonds. The third kappa shape index (κ3) is 2.98. The van der Waals surface area contributed by atoms with E-state index in [-0.39, 0.29) is 0 Å². The van der Waals surface area contributed by atoms with Crippen molar-refractivity contribution in [1.29, 1.82) is 0 Å². The zero-order chi connectivity index (χ0) is 11.4. The summed E-state index contributed by atoms with van der Waals surface area (Å²) < 4.78 is 6.85. The Balaban J connectivity index is 1.88. The summed E-state index contributed by atoms with van der Waals surface area (Å²) in [6.07, 6.45) is 5.34. The van der Waals surface area contributed by atoms with E-state index in [1.807, 2.05) is 18.2 Å². The van der Waals surface area contributed by atoms with Crippen LogP contribution in [0.4, 0.5) is 0 Å². The molecule has 0 unspecified atom stereocenters. The van der Waals surface area contributed by atoms with Gasteiger partial charge < -0.3 is 10.5 Å². The number of hydrogen-bond acceptors (Lipinski definition) is 2. The molecule has 1 aliphatic rings. The Morgan fingerprint density at radius 2 is 2.19 bits per heavy atom. The number of ether oxygens (including phenoxy) is 1. The number of rotatable bonds is 5. The van der Waals surface area contributed by atoms with E-state index < -0.39 is 0 Å². The van der Waals surface area contributed by atoms with Crippen LogP contribution in [-0.4, -0.2) is 6.61 Å². The Morgan fingerprint density at radius 3 is 2.81 bits per heavy atom. The second-order valence-electron chi connectivity index (χ2n) is 4.39. The molecule has 2 N–H and O–H groups in total. The first kappa shape index (κ1) is 11.9. The van der Waals surface area contributed by atoms with Gasteiger partial charge in [0.1, 0.15) is 5.75 Å². The molecular formula is C13H18BrNO. The van der Waals surface area contributed by atoms with E-state index in [4.69, 9.17) is 10.5 Å². The maximum Gasteiger partial charge on any atom is 0.124 e. The van der Waals surface area contributed by atoms with Crippen molar-refractivity contribution >= 4 is 15.9 Å². The molecule has 3 heteroatoms. The maximum absolute atomic E-state index is 5.81. The molecule has 0 aromatic heterocycles. The van der Waals surface area contributed by atoms with Crippen molar-refractivity contribution in [2.45, 2.75) is 32.2 Å². The van der Waals surface area contributed by atoms with Gasteiger partial charge in [0.25, 0.3) is 0 Å². The fraction of sp³-hybridized carbons (Fsp3) is 0.538. The van der Waals surface area contributed by atoms with Gasteiger partial charge in [-0.05, 0) is 24.5 Å². The number of nitrogens with two attached hydrogens (primary N) is 1. The Labute approximate surface area is 105 Å². The maximum atomic E-state index is 5.81. The number of hydrogen-bond donors (Lipinski definition) is 1. The summed E-state index contributed by atoms with van der Waals surface area (Å²) in [5.41, 5.74) is 6.75. The van der Waals surface area contributed by atoms with E-state index in [1.165, 1.54) is 25.7 Å². The number of halogens is 1. The minimum atomic E-state index is 0.534. The summed E-state index contributed by atoms with van der Waals surface area (Å²) in [7, 11) is 0. The molecule has 2 rings (SSSR count). The van der Waals surface area contributed by atoms with E-state index in [9.17, 15) is 0 Å². The molecule has 1 aliphatic carbocycles. The largest absolute Gasteiger partial charge is 0.493 e. The predicted octanol–water partition coefficient (Wildman–Crippen LogP) is 3.48. The van der Waals surface area contributed by atoms with Gasteiger partial charge in [0, 0.05) is 16.6 Å². The Hall–Kier alpha value is -0.540. The minimum absolute atomic E-state index is 0.534. The van der Waals surface area contributed by atoms with E-state index in [1.54, 1.807) is 0 Å². The molecular weight excluding hydrogens is 266 g/mol. The summed E-state index contributed by atoms with van der Waals surface area (Å²) in [6.45, 7) is 1.35.